The van der Waals surface area contributed by atoms with Crippen molar-refractivity contribution in [1.82, 2.24) is 9.97 Å². The summed E-state index contributed by atoms with van der Waals surface area (Å²) in [5.41, 5.74) is 5.41. The van der Waals surface area contributed by atoms with E-state index in [9.17, 15) is 4.79 Å². The summed E-state index contributed by atoms with van der Waals surface area (Å²) in [6.45, 7) is 6.61. The molecule has 0 fully saturated rings. The Morgan fingerprint density at radius 2 is 1.74 bits per heavy atom. The molecule has 2 aromatic carbocycles. The first-order valence-electron chi connectivity index (χ1n) is 9.09. The number of aromatic nitrogens is 2. The third-order valence-corrected chi connectivity index (χ3v) is 4.24. The van der Waals surface area contributed by atoms with Gasteiger partial charge < -0.3 is 10.6 Å². The topological polar surface area (TPSA) is 66.9 Å². The summed E-state index contributed by atoms with van der Waals surface area (Å²) < 4.78 is 0. The summed E-state index contributed by atoms with van der Waals surface area (Å²) >= 11 is 0. The van der Waals surface area contributed by atoms with Crippen LogP contribution in [0.2, 0.25) is 0 Å². The summed E-state index contributed by atoms with van der Waals surface area (Å²) in [5.74, 6) is 0.200. The van der Waals surface area contributed by atoms with Crippen LogP contribution in [0.3, 0.4) is 0 Å². The summed E-state index contributed by atoms with van der Waals surface area (Å²) in [4.78, 5) is 21.3. The van der Waals surface area contributed by atoms with Crippen molar-refractivity contribution in [3.05, 3.63) is 82.7 Å². The Morgan fingerprint density at radius 1 is 0.963 bits per heavy atom. The minimum Gasteiger partial charge on any atom is -0.350 e. The van der Waals surface area contributed by atoms with E-state index in [1.54, 1.807) is 6.07 Å². The van der Waals surface area contributed by atoms with E-state index in [0.29, 0.717) is 18.2 Å². The molecule has 3 rings (SSSR count). The minimum absolute atomic E-state index is 0.247. The average Bonchev–Trinajstić information content (AvgIpc) is 2.66. The second-order valence-electron chi connectivity index (χ2n) is 6.57. The van der Waals surface area contributed by atoms with Crippen molar-refractivity contribution in [3.8, 4) is 0 Å². The molecule has 0 aliphatic heterocycles. The Bertz CT molecular complexity index is 935. The summed E-state index contributed by atoms with van der Waals surface area (Å²) in [6.07, 6.45) is 0.968. The number of hydrogen-bond donors (Lipinski definition) is 2. The van der Waals surface area contributed by atoms with Crippen LogP contribution in [0.5, 0.6) is 0 Å². The Balaban J connectivity index is 1.70. The maximum absolute atomic E-state index is 12.6. The number of benzene rings is 2. The van der Waals surface area contributed by atoms with Gasteiger partial charge in [-0.3, -0.25) is 4.79 Å². The normalized spacial score (nSPS) is 10.5. The van der Waals surface area contributed by atoms with Crippen molar-refractivity contribution in [2.45, 2.75) is 33.7 Å². The quantitative estimate of drug-likeness (QED) is 0.678. The van der Waals surface area contributed by atoms with Crippen molar-refractivity contribution in [3.63, 3.8) is 0 Å². The zero-order valence-electron chi connectivity index (χ0n) is 15.9. The number of anilines is 2. The number of amides is 1. The molecule has 0 radical (unpaired) electrons. The number of carbonyl (C=O) groups is 1. The second kappa shape index (κ2) is 8.45. The Labute approximate surface area is 159 Å². The standard InChI is InChI=1S/C22H24N4O/c1-4-17-8-10-19(11-9-17)25-21(27)20-13-16(3)24-22(26-20)23-14-18-7-5-6-15(2)12-18/h5-13H,4,14H2,1-3H3,(H,25,27)(H,23,24,26). The molecule has 5 nitrogen and oxygen atoms in total. The van der Waals surface area contributed by atoms with Crippen LogP contribution in [-0.2, 0) is 13.0 Å². The van der Waals surface area contributed by atoms with E-state index in [0.717, 1.165) is 23.4 Å². The highest BCUT2D eigenvalue weighted by molar-refractivity contribution is 6.03. The van der Waals surface area contributed by atoms with Crippen molar-refractivity contribution in [1.29, 1.82) is 0 Å². The lowest BCUT2D eigenvalue weighted by Crippen LogP contribution is -2.16. The molecule has 3 aromatic rings. The third-order valence-electron chi connectivity index (χ3n) is 4.24. The van der Waals surface area contributed by atoms with Crippen molar-refractivity contribution < 1.29 is 4.79 Å². The first kappa shape index (κ1) is 18.6. The highest BCUT2D eigenvalue weighted by atomic mass is 16.1. The highest BCUT2D eigenvalue weighted by Gasteiger charge is 2.11. The Hall–Kier alpha value is -3.21. The SMILES string of the molecule is CCc1ccc(NC(=O)c2cc(C)nc(NCc3cccc(C)c3)n2)cc1. The van der Waals surface area contributed by atoms with Crippen LogP contribution >= 0.6 is 0 Å². The molecular weight excluding hydrogens is 336 g/mol. The van der Waals surface area contributed by atoms with Crippen LogP contribution in [0.15, 0.2) is 54.6 Å². The van der Waals surface area contributed by atoms with E-state index in [1.807, 2.05) is 43.3 Å². The summed E-state index contributed by atoms with van der Waals surface area (Å²) in [5, 5.41) is 6.09. The molecule has 0 saturated heterocycles. The molecule has 0 atom stereocenters. The fourth-order valence-electron chi connectivity index (χ4n) is 2.79. The molecule has 0 aliphatic carbocycles. The maximum Gasteiger partial charge on any atom is 0.274 e. The van der Waals surface area contributed by atoms with Gasteiger partial charge in [0.1, 0.15) is 5.69 Å². The van der Waals surface area contributed by atoms with Gasteiger partial charge in [0.2, 0.25) is 5.95 Å². The molecule has 138 valence electrons. The van der Waals surface area contributed by atoms with Crippen LogP contribution in [0.4, 0.5) is 11.6 Å². The lowest BCUT2D eigenvalue weighted by molar-refractivity contribution is 0.102. The maximum atomic E-state index is 12.6. The number of aryl methyl sites for hydroxylation is 3. The number of carbonyl (C=O) groups excluding carboxylic acids is 1. The van der Waals surface area contributed by atoms with Crippen LogP contribution in [-0.4, -0.2) is 15.9 Å². The fraction of sp³-hybridized carbons (Fsp3) is 0.227. The van der Waals surface area contributed by atoms with E-state index < -0.39 is 0 Å². The van der Waals surface area contributed by atoms with E-state index in [2.05, 4.69) is 46.6 Å². The van der Waals surface area contributed by atoms with Gasteiger partial charge in [0.05, 0.1) is 0 Å². The number of nitrogens with one attached hydrogen (secondary N) is 2. The monoisotopic (exact) mass is 360 g/mol. The van der Waals surface area contributed by atoms with Gasteiger partial charge in [-0.15, -0.1) is 0 Å². The molecular formula is C22H24N4O. The zero-order valence-corrected chi connectivity index (χ0v) is 15.9. The molecule has 5 heteroatoms. The first-order chi connectivity index (χ1) is 13.0. The number of rotatable bonds is 6. The fourth-order valence-corrected chi connectivity index (χ4v) is 2.79. The van der Waals surface area contributed by atoms with Crippen LogP contribution in [0.25, 0.3) is 0 Å². The molecule has 0 bridgehead atoms. The van der Waals surface area contributed by atoms with Gasteiger partial charge in [0, 0.05) is 17.9 Å². The smallest absolute Gasteiger partial charge is 0.274 e. The van der Waals surface area contributed by atoms with Gasteiger partial charge in [-0.05, 0) is 49.6 Å². The molecule has 2 N–H and O–H groups in total. The predicted octanol–water partition coefficient (Wildman–Crippen LogP) is 4.52. The van der Waals surface area contributed by atoms with Gasteiger partial charge in [0.15, 0.2) is 0 Å². The second-order valence-corrected chi connectivity index (χ2v) is 6.57. The van der Waals surface area contributed by atoms with E-state index >= 15 is 0 Å². The predicted molar refractivity (Wildman–Crippen MR) is 109 cm³/mol. The molecule has 0 spiro atoms. The van der Waals surface area contributed by atoms with Gasteiger partial charge in [-0.2, -0.15) is 0 Å². The van der Waals surface area contributed by atoms with Crippen molar-refractivity contribution >= 4 is 17.5 Å². The molecule has 0 saturated carbocycles. The van der Waals surface area contributed by atoms with Gasteiger partial charge >= 0.3 is 0 Å². The molecule has 1 heterocycles. The first-order valence-corrected chi connectivity index (χ1v) is 9.09. The third kappa shape index (κ3) is 5.14. The molecule has 0 unspecified atom stereocenters. The average molecular weight is 360 g/mol. The molecule has 0 aliphatic rings. The van der Waals surface area contributed by atoms with Crippen LogP contribution in [0, 0.1) is 13.8 Å². The molecule has 1 aromatic heterocycles. The number of nitrogens with zero attached hydrogens (tertiary/aromatic N) is 2. The number of hydrogen-bond acceptors (Lipinski definition) is 4. The lowest BCUT2D eigenvalue weighted by atomic mass is 10.1. The minimum atomic E-state index is -0.247. The Morgan fingerprint density at radius 3 is 2.44 bits per heavy atom. The Kier molecular flexibility index (Phi) is 5.81. The van der Waals surface area contributed by atoms with E-state index in [-0.39, 0.29) is 5.91 Å². The summed E-state index contributed by atoms with van der Waals surface area (Å²) in [7, 11) is 0. The van der Waals surface area contributed by atoms with Gasteiger partial charge in [-0.1, -0.05) is 48.9 Å². The van der Waals surface area contributed by atoms with Crippen molar-refractivity contribution in [2.75, 3.05) is 10.6 Å². The largest absolute Gasteiger partial charge is 0.350 e. The molecule has 27 heavy (non-hydrogen) atoms. The van der Waals surface area contributed by atoms with E-state index in [1.165, 1.54) is 11.1 Å². The zero-order chi connectivity index (χ0) is 19.2. The van der Waals surface area contributed by atoms with Crippen LogP contribution in [0.1, 0.15) is 39.8 Å². The highest BCUT2D eigenvalue weighted by Crippen LogP contribution is 2.13. The van der Waals surface area contributed by atoms with Crippen LogP contribution < -0.4 is 10.6 Å². The molecule has 1 amide bonds. The van der Waals surface area contributed by atoms with Gasteiger partial charge in [0.25, 0.3) is 5.91 Å². The van der Waals surface area contributed by atoms with Crippen molar-refractivity contribution in [2.24, 2.45) is 0 Å². The summed E-state index contributed by atoms with van der Waals surface area (Å²) in [6, 6.07) is 17.7. The van der Waals surface area contributed by atoms with Gasteiger partial charge in [-0.25, -0.2) is 9.97 Å². The van der Waals surface area contributed by atoms with E-state index in [4.69, 9.17) is 0 Å². The lowest BCUT2D eigenvalue weighted by Gasteiger charge is -2.10.